The summed E-state index contributed by atoms with van der Waals surface area (Å²) in [5, 5.41) is 3.75. The summed E-state index contributed by atoms with van der Waals surface area (Å²) in [4.78, 5) is 3.93. The summed E-state index contributed by atoms with van der Waals surface area (Å²) in [6, 6.07) is 5.41. The molecule has 0 saturated heterocycles. The molecule has 78 valence electrons. The Balaban J connectivity index is 1.93. The molecule has 0 aliphatic heterocycles. The molecule has 2 heterocycles. The first-order valence-electron chi connectivity index (χ1n) is 4.56. The van der Waals surface area contributed by atoms with Crippen LogP contribution in [0.5, 0.6) is 5.75 Å². The molecule has 0 saturated carbocycles. The molecule has 2 N–H and O–H groups in total. The van der Waals surface area contributed by atoms with Crippen molar-refractivity contribution in [2.45, 2.75) is 13.2 Å². The molecular weight excluding hydrogens is 194 g/mol. The van der Waals surface area contributed by atoms with Crippen molar-refractivity contribution in [1.29, 1.82) is 0 Å². The highest BCUT2D eigenvalue weighted by molar-refractivity contribution is 5.16. The zero-order valence-corrected chi connectivity index (χ0v) is 8.09. The first-order chi connectivity index (χ1) is 7.38. The zero-order chi connectivity index (χ0) is 10.5. The van der Waals surface area contributed by atoms with Crippen molar-refractivity contribution in [2.24, 2.45) is 5.73 Å². The van der Waals surface area contributed by atoms with Crippen molar-refractivity contribution in [1.82, 2.24) is 10.1 Å². The Morgan fingerprint density at radius 2 is 2.40 bits per heavy atom. The van der Waals surface area contributed by atoms with E-state index in [0.29, 0.717) is 24.7 Å². The van der Waals surface area contributed by atoms with Crippen LogP contribution < -0.4 is 10.5 Å². The molecule has 0 radical (unpaired) electrons. The molecule has 0 spiro atoms. The fraction of sp³-hybridized carbons (Fsp3) is 0.200. The first kappa shape index (κ1) is 9.67. The van der Waals surface area contributed by atoms with Crippen LogP contribution >= 0.6 is 0 Å². The first-order valence-corrected chi connectivity index (χ1v) is 4.56. The minimum atomic E-state index is 0.332. The number of rotatable bonds is 4. The van der Waals surface area contributed by atoms with E-state index in [0.717, 1.165) is 5.69 Å². The van der Waals surface area contributed by atoms with Crippen molar-refractivity contribution in [3.63, 3.8) is 0 Å². The quantitative estimate of drug-likeness (QED) is 0.809. The Morgan fingerprint density at radius 3 is 3.07 bits per heavy atom. The van der Waals surface area contributed by atoms with E-state index in [-0.39, 0.29) is 0 Å². The van der Waals surface area contributed by atoms with Crippen molar-refractivity contribution in [2.75, 3.05) is 0 Å². The Hall–Kier alpha value is -1.88. The molecule has 0 fully saturated rings. The van der Waals surface area contributed by atoms with Crippen LogP contribution in [0.2, 0.25) is 0 Å². The minimum absolute atomic E-state index is 0.332. The van der Waals surface area contributed by atoms with Gasteiger partial charge in [0, 0.05) is 18.8 Å². The number of ether oxygens (including phenoxy) is 1. The predicted octanol–water partition coefficient (Wildman–Crippen LogP) is 1.11. The average Bonchev–Trinajstić information content (AvgIpc) is 2.76. The maximum Gasteiger partial charge on any atom is 0.174 e. The number of aromatic nitrogens is 2. The van der Waals surface area contributed by atoms with Gasteiger partial charge in [0.1, 0.15) is 12.4 Å². The largest absolute Gasteiger partial charge is 0.484 e. The number of pyridine rings is 1. The van der Waals surface area contributed by atoms with Gasteiger partial charge >= 0.3 is 0 Å². The maximum atomic E-state index is 5.41. The lowest BCUT2D eigenvalue weighted by molar-refractivity contribution is 0.248. The van der Waals surface area contributed by atoms with Gasteiger partial charge in [0.05, 0.1) is 11.9 Å². The Labute approximate surface area is 86.9 Å². The van der Waals surface area contributed by atoms with Gasteiger partial charge in [0.15, 0.2) is 5.76 Å². The van der Waals surface area contributed by atoms with Crippen LogP contribution in [0, 0.1) is 0 Å². The second-order valence-corrected chi connectivity index (χ2v) is 2.97. The van der Waals surface area contributed by atoms with Gasteiger partial charge in [-0.05, 0) is 12.1 Å². The third-order valence-corrected chi connectivity index (χ3v) is 1.83. The van der Waals surface area contributed by atoms with E-state index in [4.69, 9.17) is 15.0 Å². The SMILES string of the molecule is NCc1cc(COc2cccnc2)on1. The van der Waals surface area contributed by atoms with Gasteiger partial charge in [0.25, 0.3) is 0 Å². The highest BCUT2D eigenvalue weighted by Crippen LogP contribution is 2.10. The Kier molecular flexibility index (Phi) is 2.94. The lowest BCUT2D eigenvalue weighted by Crippen LogP contribution is -1.96. The molecule has 0 unspecified atom stereocenters. The normalized spacial score (nSPS) is 10.2. The van der Waals surface area contributed by atoms with Crippen molar-refractivity contribution in [3.8, 4) is 5.75 Å². The molecule has 0 aromatic carbocycles. The fourth-order valence-electron chi connectivity index (χ4n) is 1.11. The second kappa shape index (κ2) is 4.56. The van der Waals surface area contributed by atoms with Crippen LogP contribution in [0.25, 0.3) is 0 Å². The highest BCUT2D eigenvalue weighted by atomic mass is 16.5. The van der Waals surface area contributed by atoms with E-state index < -0.39 is 0 Å². The minimum Gasteiger partial charge on any atom is -0.484 e. The second-order valence-electron chi connectivity index (χ2n) is 2.97. The van der Waals surface area contributed by atoms with Gasteiger partial charge in [-0.1, -0.05) is 5.16 Å². The summed E-state index contributed by atoms with van der Waals surface area (Å²) < 4.78 is 10.4. The molecule has 0 bridgehead atoms. The zero-order valence-electron chi connectivity index (χ0n) is 8.09. The van der Waals surface area contributed by atoms with Crippen molar-refractivity contribution in [3.05, 3.63) is 42.0 Å². The molecular formula is C10H11N3O2. The van der Waals surface area contributed by atoms with Crippen LogP contribution in [0.3, 0.4) is 0 Å². The van der Waals surface area contributed by atoms with E-state index in [1.807, 2.05) is 6.07 Å². The number of nitrogens with two attached hydrogens (primary N) is 1. The molecule has 0 atom stereocenters. The van der Waals surface area contributed by atoms with Crippen LogP contribution in [0.4, 0.5) is 0 Å². The average molecular weight is 205 g/mol. The Morgan fingerprint density at radius 1 is 1.47 bits per heavy atom. The lowest BCUT2D eigenvalue weighted by Gasteiger charge is -2.01. The predicted molar refractivity (Wildman–Crippen MR) is 53.0 cm³/mol. The van der Waals surface area contributed by atoms with Crippen molar-refractivity contribution < 1.29 is 9.26 Å². The van der Waals surface area contributed by atoms with Crippen LogP contribution in [0.15, 0.2) is 35.1 Å². The summed E-state index contributed by atoms with van der Waals surface area (Å²) in [6.07, 6.45) is 3.33. The van der Waals surface area contributed by atoms with Crippen LogP contribution in [-0.4, -0.2) is 10.1 Å². The van der Waals surface area contributed by atoms with Gasteiger partial charge in [-0.2, -0.15) is 0 Å². The third-order valence-electron chi connectivity index (χ3n) is 1.83. The molecule has 5 heteroatoms. The van der Waals surface area contributed by atoms with E-state index in [9.17, 15) is 0 Å². The highest BCUT2D eigenvalue weighted by Gasteiger charge is 2.03. The summed E-state index contributed by atoms with van der Waals surface area (Å²) >= 11 is 0. The molecule has 15 heavy (non-hydrogen) atoms. The summed E-state index contributed by atoms with van der Waals surface area (Å²) in [6.45, 7) is 0.703. The topological polar surface area (TPSA) is 74.2 Å². The van der Waals surface area contributed by atoms with E-state index in [2.05, 4.69) is 10.1 Å². The molecule has 0 amide bonds. The van der Waals surface area contributed by atoms with Crippen LogP contribution in [-0.2, 0) is 13.2 Å². The molecule has 2 aromatic heterocycles. The molecule has 2 rings (SSSR count). The van der Waals surface area contributed by atoms with Gasteiger partial charge in [-0.3, -0.25) is 4.98 Å². The molecule has 0 aliphatic rings. The number of hydrogen-bond donors (Lipinski definition) is 1. The lowest BCUT2D eigenvalue weighted by atomic mass is 10.4. The third kappa shape index (κ3) is 2.54. The molecule has 2 aromatic rings. The molecule has 5 nitrogen and oxygen atoms in total. The maximum absolute atomic E-state index is 5.41. The van der Waals surface area contributed by atoms with Crippen LogP contribution in [0.1, 0.15) is 11.5 Å². The van der Waals surface area contributed by atoms with Gasteiger partial charge < -0.3 is 15.0 Å². The van der Waals surface area contributed by atoms with Gasteiger partial charge in [0.2, 0.25) is 0 Å². The Bertz CT molecular complexity index is 414. The summed E-state index contributed by atoms with van der Waals surface area (Å²) in [5.41, 5.74) is 6.12. The van der Waals surface area contributed by atoms with Gasteiger partial charge in [-0.15, -0.1) is 0 Å². The molecule has 0 aliphatic carbocycles. The van der Waals surface area contributed by atoms with E-state index >= 15 is 0 Å². The standard InChI is InChI=1S/C10H11N3O2/c11-5-8-4-10(15-13-8)7-14-9-2-1-3-12-6-9/h1-4,6H,5,7,11H2. The number of hydrogen-bond acceptors (Lipinski definition) is 5. The van der Waals surface area contributed by atoms with Gasteiger partial charge in [-0.25, -0.2) is 0 Å². The monoisotopic (exact) mass is 205 g/mol. The van der Waals surface area contributed by atoms with Crippen molar-refractivity contribution >= 4 is 0 Å². The smallest absolute Gasteiger partial charge is 0.174 e. The summed E-state index contributed by atoms with van der Waals surface area (Å²) in [5.74, 6) is 1.35. The number of nitrogens with zero attached hydrogens (tertiary/aromatic N) is 2. The van der Waals surface area contributed by atoms with E-state index in [1.54, 1.807) is 24.5 Å². The van der Waals surface area contributed by atoms with E-state index in [1.165, 1.54) is 0 Å². The fourth-order valence-corrected chi connectivity index (χ4v) is 1.11. The summed E-state index contributed by atoms with van der Waals surface area (Å²) in [7, 11) is 0.